The first-order chi connectivity index (χ1) is 6.00. The fourth-order valence-electron chi connectivity index (χ4n) is 0.927. The average molecular weight is 158 g/mol. The number of hydrogen-bond donors (Lipinski definition) is 0. The van der Waals surface area contributed by atoms with Crippen LogP contribution in [0, 0.1) is 0 Å². The van der Waals surface area contributed by atoms with Crippen LogP contribution >= 0.6 is 0 Å². The van der Waals surface area contributed by atoms with Gasteiger partial charge in [0.05, 0.1) is 0 Å². The Hall–Kier alpha value is -1.30. The van der Waals surface area contributed by atoms with Gasteiger partial charge in [-0.3, -0.25) is 0 Å². The smallest absolute Gasteiger partial charge is 0.0313 e. The van der Waals surface area contributed by atoms with Gasteiger partial charge in [0.1, 0.15) is 0 Å². The van der Waals surface area contributed by atoms with E-state index in [1.54, 1.807) is 0 Å². The normalized spacial score (nSPS) is 25.3. The van der Waals surface area contributed by atoms with E-state index < -0.39 is 0 Å². The second-order valence-corrected chi connectivity index (χ2v) is 2.59. The number of hydrogen-bond acceptors (Lipinski definition) is 0. The van der Waals surface area contributed by atoms with Gasteiger partial charge in [-0.15, -0.1) is 0 Å². The van der Waals surface area contributed by atoms with Crippen molar-refractivity contribution in [2.75, 3.05) is 0 Å². The molecule has 0 fully saturated rings. The maximum atomic E-state index is 2.18. The lowest BCUT2D eigenvalue weighted by Crippen LogP contribution is -1.64. The zero-order valence-electron chi connectivity index (χ0n) is 7.19. The summed E-state index contributed by atoms with van der Waals surface area (Å²) in [6.45, 7) is 0. The topological polar surface area (TPSA) is 0 Å². The van der Waals surface area contributed by atoms with E-state index >= 15 is 0 Å². The highest BCUT2D eigenvalue weighted by molar-refractivity contribution is 5.18. The summed E-state index contributed by atoms with van der Waals surface area (Å²) in [5.41, 5.74) is 0. The Labute approximate surface area is 74.3 Å². The summed E-state index contributed by atoms with van der Waals surface area (Å²) in [6.07, 6.45) is 23.0. The molecule has 0 aromatic heterocycles. The van der Waals surface area contributed by atoms with Gasteiger partial charge < -0.3 is 0 Å². The number of rotatable bonds is 0. The Bertz CT molecular complexity index is 211. The average Bonchev–Trinajstić information content (AvgIpc) is 2.05. The largest absolute Gasteiger partial charge is 0.0842 e. The number of allylic oxidation sites excluding steroid dienone is 10. The van der Waals surface area contributed by atoms with Crippen molar-refractivity contribution in [3.63, 3.8) is 0 Å². The molecule has 0 aromatic rings. The molecule has 0 aromatic carbocycles. The first kappa shape index (κ1) is 8.79. The standard InChI is InChI=1S/C12H14/c1-2-4-6-8-10-12-11-9-7-5-3-1/h1-10H,11-12H2/b2-1-,5-3+,6-4?,9-7-,10-8?. The molecular formula is C12H14. The second-order valence-electron chi connectivity index (χ2n) is 2.59. The van der Waals surface area contributed by atoms with Crippen LogP contribution in [0.2, 0.25) is 0 Å². The minimum Gasteiger partial charge on any atom is -0.0842 e. The highest BCUT2D eigenvalue weighted by Crippen LogP contribution is 1.95. The molecule has 0 aliphatic heterocycles. The third-order valence-electron chi connectivity index (χ3n) is 1.55. The molecule has 0 nitrogen and oxygen atoms in total. The minimum absolute atomic E-state index is 1.12. The molecule has 0 bridgehead atoms. The van der Waals surface area contributed by atoms with Crippen molar-refractivity contribution in [2.24, 2.45) is 0 Å². The molecule has 0 unspecified atom stereocenters. The maximum absolute atomic E-state index is 2.18. The SMILES string of the molecule is C1=C\C=C/C=C/C=C\CCC=C1. The van der Waals surface area contributed by atoms with E-state index in [9.17, 15) is 0 Å². The molecule has 0 N–H and O–H groups in total. The fraction of sp³-hybridized carbons (Fsp3) is 0.167. The van der Waals surface area contributed by atoms with Gasteiger partial charge in [-0.05, 0) is 12.8 Å². The lowest BCUT2D eigenvalue weighted by molar-refractivity contribution is 1.05. The summed E-state index contributed by atoms with van der Waals surface area (Å²) in [7, 11) is 0. The minimum atomic E-state index is 1.12. The Morgan fingerprint density at radius 1 is 0.417 bits per heavy atom. The lowest BCUT2D eigenvalue weighted by Gasteiger charge is -1.84. The Balaban J connectivity index is 2.55. The molecule has 0 radical (unpaired) electrons. The molecule has 0 spiro atoms. The van der Waals surface area contributed by atoms with Crippen molar-refractivity contribution in [3.05, 3.63) is 60.8 Å². The molecule has 0 heterocycles. The monoisotopic (exact) mass is 158 g/mol. The molecule has 0 amide bonds. The molecule has 62 valence electrons. The zero-order valence-corrected chi connectivity index (χ0v) is 7.19. The molecule has 0 saturated carbocycles. The van der Waals surface area contributed by atoms with Gasteiger partial charge in [-0.25, -0.2) is 0 Å². The summed E-state index contributed by atoms with van der Waals surface area (Å²) in [6, 6.07) is 0. The van der Waals surface area contributed by atoms with Crippen LogP contribution < -0.4 is 0 Å². The molecule has 0 heteroatoms. The second kappa shape index (κ2) is 6.41. The Kier molecular flexibility index (Phi) is 4.70. The van der Waals surface area contributed by atoms with Crippen molar-refractivity contribution in [1.29, 1.82) is 0 Å². The predicted octanol–water partition coefficient (Wildman–Crippen LogP) is 3.56. The highest BCUT2D eigenvalue weighted by Gasteiger charge is 1.74. The van der Waals surface area contributed by atoms with Crippen LogP contribution in [0.3, 0.4) is 0 Å². The van der Waals surface area contributed by atoms with Gasteiger partial charge in [0.2, 0.25) is 0 Å². The van der Waals surface area contributed by atoms with Crippen LogP contribution in [0.1, 0.15) is 12.8 Å². The van der Waals surface area contributed by atoms with Crippen LogP contribution in [-0.2, 0) is 0 Å². The molecule has 1 aliphatic rings. The van der Waals surface area contributed by atoms with E-state index in [1.165, 1.54) is 0 Å². The molecular weight excluding hydrogens is 144 g/mol. The lowest BCUT2D eigenvalue weighted by atomic mass is 10.2. The summed E-state index contributed by atoms with van der Waals surface area (Å²) < 4.78 is 0. The summed E-state index contributed by atoms with van der Waals surface area (Å²) in [5.74, 6) is 0. The van der Waals surface area contributed by atoms with Crippen LogP contribution in [0.4, 0.5) is 0 Å². The van der Waals surface area contributed by atoms with Crippen molar-refractivity contribution >= 4 is 0 Å². The predicted molar refractivity (Wildman–Crippen MR) is 54.9 cm³/mol. The summed E-state index contributed by atoms with van der Waals surface area (Å²) >= 11 is 0. The third kappa shape index (κ3) is 4.51. The molecule has 1 rings (SSSR count). The van der Waals surface area contributed by atoms with E-state index in [2.05, 4.69) is 36.5 Å². The van der Waals surface area contributed by atoms with Gasteiger partial charge in [0.25, 0.3) is 0 Å². The Morgan fingerprint density at radius 2 is 0.750 bits per heavy atom. The molecule has 0 saturated heterocycles. The quantitative estimate of drug-likeness (QED) is 0.505. The molecule has 1 aliphatic carbocycles. The van der Waals surface area contributed by atoms with Crippen molar-refractivity contribution < 1.29 is 0 Å². The third-order valence-corrected chi connectivity index (χ3v) is 1.55. The van der Waals surface area contributed by atoms with Gasteiger partial charge >= 0.3 is 0 Å². The maximum Gasteiger partial charge on any atom is -0.0313 e. The van der Waals surface area contributed by atoms with Crippen LogP contribution in [0.25, 0.3) is 0 Å². The summed E-state index contributed by atoms with van der Waals surface area (Å²) in [5, 5.41) is 0. The zero-order chi connectivity index (χ0) is 8.49. The van der Waals surface area contributed by atoms with E-state index in [4.69, 9.17) is 0 Å². The van der Waals surface area contributed by atoms with E-state index in [-0.39, 0.29) is 0 Å². The molecule has 0 atom stereocenters. The summed E-state index contributed by atoms with van der Waals surface area (Å²) in [4.78, 5) is 0. The van der Waals surface area contributed by atoms with Crippen molar-refractivity contribution in [1.82, 2.24) is 0 Å². The van der Waals surface area contributed by atoms with E-state index in [0.717, 1.165) is 12.8 Å². The van der Waals surface area contributed by atoms with Gasteiger partial charge in [0.15, 0.2) is 0 Å². The van der Waals surface area contributed by atoms with E-state index in [1.807, 2.05) is 24.3 Å². The Morgan fingerprint density at radius 3 is 1.17 bits per heavy atom. The molecule has 12 heavy (non-hydrogen) atoms. The first-order valence-electron chi connectivity index (χ1n) is 4.32. The van der Waals surface area contributed by atoms with Crippen molar-refractivity contribution in [3.8, 4) is 0 Å². The fourth-order valence-corrected chi connectivity index (χ4v) is 0.927. The van der Waals surface area contributed by atoms with Crippen LogP contribution in [0.5, 0.6) is 0 Å². The highest BCUT2D eigenvalue weighted by atomic mass is 13.8. The van der Waals surface area contributed by atoms with Crippen molar-refractivity contribution in [2.45, 2.75) is 12.8 Å². The van der Waals surface area contributed by atoms with Crippen LogP contribution in [-0.4, -0.2) is 0 Å². The first-order valence-corrected chi connectivity index (χ1v) is 4.32. The van der Waals surface area contributed by atoms with E-state index in [0.29, 0.717) is 0 Å². The van der Waals surface area contributed by atoms with Gasteiger partial charge in [-0.1, -0.05) is 60.8 Å². The van der Waals surface area contributed by atoms with Gasteiger partial charge in [-0.2, -0.15) is 0 Å². The van der Waals surface area contributed by atoms with Gasteiger partial charge in [0, 0.05) is 0 Å². The van der Waals surface area contributed by atoms with Crippen LogP contribution in [0.15, 0.2) is 60.8 Å².